The lowest BCUT2D eigenvalue weighted by Gasteiger charge is -2.30. The second kappa shape index (κ2) is 8.96. The number of benzene rings is 2. The van der Waals surface area contributed by atoms with E-state index < -0.39 is 6.04 Å². The first-order valence-corrected chi connectivity index (χ1v) is 10.1. The molecule has 0 saturated heterocycles. The van der Waals surface area contributed by atoms with Crippen LogP contribution in [0.15, 0.2) is 59.9 Å². The minimum absolute atomic E-state index is 0.301. The Morgan fingerprint density at radius 2 is 1.79 bits per heavy atom. The molecular weight excluding hydrogens is 422 g/mol. The molecule has 0 saturated carbocycles. The summed E-state index contributed by atoms with van der Waals surface area (Å²) in [7, 11) is 4.58. The third-order valence-electron chi connectivity index (χ3n) is 5.42. The van der Waals surface area contributed by atoms with Gasteiger partial charge in [-0.1, -0.05) is 18.2 Å². The largest absolute Gasteiger partial charge is 0.493 e. The fourth-order valence-corrected chi connectivity index (χ4v) is 3.92. The van der Waals surface area contributed by atoms with Gasteiger partial charge in [-0.05, 0) is 36.8 Å². The molecule has 2 N–H and O–H groups in total. The van der Waals surface area contributed by atoms with Crippen LogP contribution in [-0.4, -0.2) is 37.0 Å². The summed E-state index contributed by atoms with van der Waals surface area (Å²) in [6, 6.07) is 14.2. The van der Waals surface area contributed by atoms with Crippen molar-refractivity contribution in [3.63, 3.8) is 0 Å². The number of carbonyl (C=O) groups excluding carboxylic acids is 1. The molecule has 168 valence electrons. The highest BCUT2D eigenvalue weighted by Gasteiger charge is 2.35. The van der Waals surface area contributed by atoms with E-state index >= 15 is 0 Å². The predicted molar refractivity (Wildman–Crippen MR) is 123 cm³/mol. The molecule has 2 aromatic carbocycles. The van der Waals surface area contributed by atoms with E-state index in [-0.39, 0.29) is 5.91 Å². The minimum Gasteiger partial charge on any atom is -0.493 e. The molecule has 0 aliphatic carbocycles. The van der Waals surface area contributed by atoms with Crippen molar-refractivity contribution in [1.29, 1.82) is 5.26 Å². The van der Waals surface area contributed by atoms with Gasteiger partial charge in [-0.25, -0.2) is 4.68 Å². The molecule has 9 heteroatoms. The number of anilines is 2. The summed E-state index contributed by atoms with van der Waals surface area (Å²) in [6.45, 7) is 1.79. The van der Waals surface area contributed by atoms with Crippen LogP contribution in [0.4, 0.5) is 11.5 Å². The SMILES string of the molecule is COc1cc([C@H]2C(C(=O)Nc3ccccc3)=C(C)Nc3c(C#N)cnn32)cc(OC)c1OC. The number of para-hydroxylation sites is 1. The van der Waals surface area contributed by atoms with Gasteiger partial charge in [0.25, 0.3) is 5.91 Å². The van der Waals surface area contributed by atoms with Crippen LogP contribution in [0, 0.1) is 11.3 Å². The van der Waals surface area contributed by atoms with E-state index in [4.69, 9.17) is 14.2 Å². The standard InChI is InChI=1S/C24H23N5O4/c1-14-20(24(30)28-17-8-6-5-7-9-17)21(29-23(27-14)16(12-25)13-26-29)15-10-18(31-2)22(33-4)19(11-15)32-3/h5-11,13,21,27H,1-4H3,(H,28,30)/t21-/m0/s1. The molecular formula is C24H23N5O4. The quantitative estimate of drug-likeness (QED) is 0.595. The molecule has 0 radical (unpaired) electrons. The molecule has 2 heterocycles. The van der Waals surface area contributed by atoms with Gasteiger partial charge in [0.1, 0.15) is 23.5 Å². The van der Waals surface area contributed by atoms with Crippen LogP contribution in [0.3, 0.4) is 0 Å². The normalized spacial score (nSPS) is 14.6. The second-order valence-electron chi connectivity index (χ2n) is 7.31. The van der Waals surface area contributed by atoms with Crippen molar-refractivity contribution in [3.05, 3.63) is 71.1 Å². The first-order chi connectivity index (χ1) is 16.0. The molecule has 1 aliphatic rings. The number of fused-ring (bicyclic) bond motifs is 1. The number of ether oxygens (including phenoxy) is 3. The smallest absolute Gasteiger partial charge is 0.255 e. The van der Waals surface area contributed by atoms with E-state index in [1.165, 1.54) is 27.5 Å². The number of hydrogen-bond acceptors (Lipinski definition) is 7. The third-order valence-corrected chi connectivity index (χ3v) is 5.42. The lowest BCUT2D eigenvalue weighted by molar-refractivity contribution is -0.113. The molecule has 1 amide bonds. The van der Waals surface area contributed by atoms with Gasteiger partial charge in [0.2, 0.25) is 5.75 Å². The van der Waals surface area contributed by atoms with E-state index in [0.717, 1.165) is 0 Å². The number of allylic oxidation sites excluding steroid dienone is 1. The third kappa shape index (κ3) is 3.83. The summed E-state index contributed by atoms with van der Waals surface area (Å²) in [5.74, 6) is 1.53. The molecule has 9 nitrogen and oxygen atoms in total. The van der Waals surface area contributed by atoms with E-state index in [9.17, 15) is 10.1 Å². The minimum atomic E-state index is -0.652. The van der Waals surface area contributed by atoms with Crippen molar-refractivity contribution in [2.45, 2.75) is 13.0 Å². The van der Waals surface area contributed by atoms with Gasteiger partial charge < -0.3 is 24.8 Å². The number of nitriles is 1. The number of carbonyl (C=O) groups is 1. The second-order valence-corrected chi connectivity index (χ2v) is 7.31. The summed E-state index contributed by atoms with van der Waals surface area (Å²) in [6.07, 6.45) is 1.47. The molecule has 0 unspecified atom stereocenters. The van der Waals surface area contributed by atoms with Gasteiger partial charge in [0.15, 0.2) is 11.5 Å². The molecule has 1 atom stereocenters. The Kier molecular flexibility index (Phi) is 5.91. The number of amides is 1. The van der Waals surface area contributed by atoms with Crippen molar-refractivity contribution in [2.75, 3.05) is 32.0 Å². The lowest BCUT2D eigenvalue weighted by atomic mass is 9.93. The van der Waals surface area contributed by atoms with Crippen LogP contribution in [0.5, 0.6) is 17.2 Å². The number of nitrogens with zero attached hydrogens (tertiary/aromatic N) is 3. The van der Waals surface area contributed by atoms with Crippen LogP contribution in [0.2, 0.25) is 0 Å². The number of nitrogens with one attached hydrogen (secondary N) is 2. The highest BCUT2D eigenvalue weighted by Crippen LogP contribution is 2.44. The zero-order valence-electron chi connectivity index (χ0n) is 18.7. The summed E-state index contributed by atoms with van der Waals surface area (Å²) >= 11 is 0. The van der Waals surface area contributed by atoms with Crippen molar-refractivity contribution >= 4 is 17.4 Å². The molecule has 33 heavy (non-hydrogen) atoms. The van der Waals surface area contributed by atoms with Gasteiger partial charge in [-0.3, -0.25) is 4.79 Å². The van der Waals surface area contributed by atoms with Crippen molar-refractivity contribution in [2.24, 2.45) is 0 Å². The predicted octanol–water partition coefficient (Wildman–Crippen LogP) is 3.71. The fraction of sp³-hybridized carbons (Fsp3) is 0.208. The molecule has 1 aromatic heterocycles. The maximum Gasteiger partial charge on any atom is 0.255 e. The van der Waals surface area contributed by atoms with Crippen molar-refractivity contribution in [1.82, 2.24) is 9.78 Å². The zero-order chi connectivity index (χ0) is 23.5. The summed E-state index contributed by atoms with van der Waals surface area (Å²) < 4.78 is 18.1. The first-order valence-electron chi connectivity index (χ1n) is 10.1. The Balaban J connectivity index is 1.89. The number of rotatable bonds is 6. The highest BCUT2D eigenvalue weighted by molar-refractivity contribution is 6.06. The fourth-order valence-electron chi connectivity index (χ4n) is 3.92. The number of aromatic nitrogens is 2. The van der Waals surface area contributed by atoms with Crippen LogP contribution >= 0.6 is 0 Å². The van der Waals surface area contributed by atoms with Crippen molar-refractivity contribution < 1.29 is 19.0 Å². The highest BCUT2D eigenvalue weighted by atomic mass is 16.5. The van der Waals surface area contributed by atoms with Gasteiger partial charge in [0.05, 0.1) is 33.1 Å². The van der Waals surface area contributed by atoms with E-state index in [0.29, 0.717) is 51.2 Å². The zero-order valence-corrected chi connectivity index (χ0v) is 18.7. The molecule has 3 aromatic rings. The maximum absolute atomic E-state index is 13.5. The Morgan fingerprint density at radius 3 is 2.36 bits per heavy atom. The van der Waals surface area contributed by atoms with Crippen LogP contribution in [-0.2, 0) is 4.79 Å². The van der Waals surface area contributed by atoms with E-state index in [1.807, 2.05) is 30.3 Å². The van der Waals surface area contributed by atoms with Gasteiger partial charge in [-0.15, -0.1) is 0 Å². The maximum atomic E-state index is 13.5. The number of methoxy groups -OCH3 is 3. The van der Waals surface area contributed by atoms with Crippen molar-refractivity contribution in [3.8, 4) is 23.3 Å². The van der Waals surface area contributed by atoms with E-state index in [2.05, 4.69) is 21.8 Å². The molecule has 0 spiro atoms. The van der Waals surface area contributed by atoms with Crippen LogP contribution < -0.4 is 24.8 Å². The average molecular weight is 445 g/mol. The number of hydrogen-bond donors (Lipinski definition) is 2. The van der Waals surface area contributed by atoms with Gasteiger partial charge in [0, 0.05) is 11.4 Å². The molecule has 4 rings (SSSR count). The Hall–Kier alpha value is -4.45. The Labute approximate surface area is 191 Å². The van der Waals surface area contributed by atoms with Crippen LogP contribution in [0.25, 0.3) is 0 Å². The summed E-state index contributed by atoms with van der Waals surface area (Å²) in [5, 5.41) is 20.1. The summed E-state index contributed by atoms with van der Waals surface area (Å²) in [4.78, 5) is 13.5. The topological polar surface area (TPSA) is 110 Å². The lowest BCUT2D eigenvalue weighted by Crippen LogP contribution is -2.31. The molecule has 0 bridgehead atoms. The first kappa shape index (κ1) is 21.8. The van der Waals surface area contributed by atoms with Gasteiger partial charge in [-0.2, -0.15) is 10.4 Å². The summed E-state index contributed by atoms with van der Waals surface area (Å²) in [5.41, 5.74) is 2.75. The molecule has 0 fully saturated rings. The Morgan fingerprint density at radius 1 is 1.12 bits per heavy atom. The molecule has 1 aliphatic heterocycles. The van der Waals surface area contributed by atoms with Gasteiger partial charge >= 0.3 is 0 Å². The Bertz CT molecular complexity index is 1250. The monoisotopic (exact) mass is 445 g/mol. The average Bonchev–Trinajstić information content (AvgIpc) is 3.25. The van der Waals surface area contributed by atoms with E-state index in [1.54, 1.807) is 23.7 Å². The van der Waals surface area contributed by atoms with Crippen LogP contribution in [0.1, 0.15) is 24.1 Å².